The number of allylic oxidation sites excluding steroid dienone is 1. The summed E-state index contributed by atoms with van der Waals surface area (Å²) in [4.78, 5) is 4.32. The Hall–Kier alpha value is -1.57. The standard InChI is InChI=1S/C11H12N2/c1-2-3-8-13-9-6-10-5-4-7-12-11(10)13/h2,4-7,9H,1,3,8H2. The highest BCUT2D eigenvalue weighted by atomic mass is 15.0. The summed E-state index contributed by atoms with van der Waals surface area (Å²) >= 11 is 0. The molecule has 0 unspecified atom stereocenters. The van der Waals surface area contributed by atoms with Gasteiger partial charge in [-0.05, 0) is 24.6 Å². The van der Waals surface area contributed by atoms with E-state index in [0.29, 0.717) is 0 Å². The fourth-order valence-electron chi connectivity index (χ4n) is 1.43. The molecule has 0 atom stereocenters. The van der Waals surface area contributed by atoms with Gasteiger partial charge in [0, 0.05) is 24.3 Å². The molecular formula is C11H12N2. The second kappa shape index (κ2) is 3.44. The Kier molecular flexibility index (Phi) is 2.13. The van der Waals surface area contributed by atoms with Crippen LogP contribution in [0, 0.1) is 0 Å². The number of fused-ring (bicyclic) bond motifs is 1. The number of nitrogens with zero attached hydrogens (tertiary/aromatic N) is 2. The molecule has 2 nitrogen and oxygen atoms in total. The van der Waals surface area contributed by atoms with Crippen molar-refractivity contribution in [3.63, 3.8) is 0 Å². The highest BCUT2D eigenvalue weighted by molar-refractivity contribution is 5.75. The van der Waals surface area contributed by atoms with E-state index >= 15 is 0 Å². The Bertz CT molecular complexity index is 415. The highest BCUT2D eigenvalue weighted by Crippen LogP contribution is 2.12. The van der Waals surface area contributed by atoms with E-state index in [1.807, 2.05) is 18.3 Å². The molecule has 0 saturated heterocycles. The van der Waals surface area contributed by atoms with Gasteiger partial charge >= 0.3 is 0 Å². The molecule has 0 radical (unpaired) electrons. The average Bonchev–Trinajstić information content (AvgIpc) is 2.58. The zero-order chi connectivity index (χ0) is 9.10. The number of pyridine rings is 1. The van der Waals surface area contributed by atoms with Crippen molar-refractivity contribution in [2.45, 2.75) is 13.0 Å². The quantitative estimate of drug-likeness (QED) is 0.651. The minimum atomic E-state index is 0.962. The number of aryl methyl sites for hydroxylation is 1. The third-order valence-corrected chi connectivity index (χ3v) is 2.10. The van der Waals surface area contributed by atoms with Gasteiger partial charge in [0.25, 0.3) is 0 Å². The van der Waals surface area contributed by atoms with Crippen molar-refractivity contribution >= 4 is 11.0 Å². The van der Waals surface area contributed by atoms with Gasteiger partial charge in [-0.25, -0.2) is 4.98 Å². The second-order valence-electron chi connectivity index (χ2n) is 3.00. The van der Waals surface area contributed by atoms with E-state index in [1.54, 1.807) is 0 Å². The summed E-state index contributed by atoms with van der Waals surface area (Å²) in [5.41, 5.74) is 1.06. The first-order valence-electron chi connectivity index (χ1n) is 4.42. The summed E-state index contributed by atoms with van der Waals surface area (Å²) < 4.78 is 2.15. The maximum Gasteiger partial charge on any atom is 0.139 e. The Labute approximate surface area is 77.5 Å². The Morgan fingerprint density at radius 2 is 2.38 bits per heavy atom. The molecule has 13 heavy (non-hydrogen) atoms. The summed E-state index contributed by atoms with van der Waals surface area (Å²) in [7, 11) is 0. The van der Waals surface area contributed by atoms with E-state index < -0.39 is 0 Å². The van der Waals surface area contributed by atoms with Crippen molar-refractivity contribution in [2.24, 2.45) is 0 Å². The van der Waals surface area contributed by atoms with Crippen molar-refractivity contribution in [1.29, 1.82) is 0 Å². The molecule has 66 valence electrons. The van der Waals surface area contributed by atoms with Crippen LogP contribution in [0.25, 0.3) is 11.0 Å². The molecule has 2 aromatic rings. The predicted molar refractivity (Wildman–Crippen MR) is 54.5 cm³/mol. The Morgan fingerprint density at radius 1 is 1.46 bits per heavy atom. The molecule has 0 aliphatic carbocycles. The van der Waals surface area contributed by atoms with E-state index in [-0.39, 0.29) is 0 Å². The fourth-order valence-corrected chi connectivity index (χ4v) is 1.43. The lowest BCUT2D eigenvalue weighted by molar-refractivity contribution is 0.732. The molecule has 2 aromatic heterocycles. The molecule has 0 aliphatic rings. The van der Waals surface area contributed by atoms with Crippen molar-refractivity contribution in [3.05, 3.63) is 43.2 Å². The highest BCUT2D eigenvalue weighted by Gasteiger charge is 1.98. The number of hydrogen-bond acceptors (Lipinski definition) is 1. The van der Waals surface area contributed by atoms with E-state index in [0.717, 1.165) is 18.6 Å². The van der Waals surface area contributed by atoms with Crippen LogP contribution in [0.15, 0.2) is 43.2 Å². The van der Waals surface area contributed by atoms with Crippen LogP contribution in [-0.2, 0) is 6.54 Å². The maximum atomic E-state index is 4.32. The monoisotopic (exact) mass is 172 g/mol. The summed E-state index contributed by atoms with van der Waals surface area (Å²) in [6.45, 7) is 4.67. The first-order valence-corrected chi connectivity index (χ1v) is 4.42. The number of aromatic nitrogens is 2. The maximum absolute atomic E-state index is 4.32. The predicted octanol–water partition coefficient (Wildman–Crippen LogP) is 2.61. The van der Waals surface area contributed by atoms with Gasteiger partial charge in [0.2, 0.25) is 0 Å². The van der Waals surface area contributed by atoms with Crippen molar-refractivity contribution in [1.82, 2.24) is 9.55 Å². The van der Waals surface area contributed by atoms with Gasteiger partial charge in [-0.3, -0.25) is 0 Å². The molecule has 2 heterocycles. The molecule has 2 rings (SSSR count). The minimum absolute atomic E-state index is 0.962. The molecular weight excluding hydrogens is 160 g/mol. The number of hydrogen-bond donors (Lipinski definition) is 0. The number of rotatable bonds is 3. The van der Waals surface area contributed by atoms with Gasteiger partial charge < -0.3 is 4.57 Å². The first kappa shape index (κ1) is 8.05. The molecule has 0 aromatic carbocycles. The van der Waals surface area contributed by atoms with Crippen molar-refractivity contribution in [2.75, 3.05) is 0 Å². The molecule has 0 bridgehead atoms. The largest absolute Gasteiger partial charge is 0.332 e. The first-order chi connectivity index (χ1) is 6.42. The van der Waals surface area contributed by atoms with Crippen LogP contribution >= 0.6 is 0 Å². The molecule has 0 aliphatic heterocycles. The third kappa shape index (κ3) is 1.47. The normalized spacial score (nSPS) is 10.5. The smallest absolute Gasteiger partial charge is 0.139 e. The molecule has 0 spiro atoms. The zero-order valence-corrected chi connectivity index (χ0v) is 7.48. The lowest BCUT2D eigenvalue weighted by Crippen LogP contribution is -1.95. The second-order valence-corrected chi connectivity index (χ2v) is 3.00. The zero-order valence-electron chi connectivity index (χ0n) is 7.48. The minimum Gasteiger partial charge on any atom is -0.332 e. The van der Waals surface area contributed by atoms with Gasteiger partial charge in [0.15, 0.2) is 0 Å². The summed E-state index contributed by atoms with van der Waals surface area (Å²) in [5, 5.41) is 1.20. The van der Waals surface area contributed by atoms with Gasteiger partial charge in [-0.15, -0.1) is 6.58 Å². The van der Waals surface area contributed by atoms with Crippen molar-refractivity contribution in [3.8, 4) is 0 Å². The van der Waals surface area contributed by atoms with E-state index in [2.05, 4.69) is 34.5 Å². The van der Waals surface area contributed by atoms with E-state index in [4.69, 9.17) is 0 Å². The molecule has 0 amide bonds. The van der Waals surface area contributed by atoms with Crippen LogP contribution in [0.3, 0.4) is 0 Å². The summed E-state index contributed by atoms with van der Waals surface area (Å²) in [6.07, 6.45) is 6.81. The summed E-state index contributed by atoms with van der Waals surface area (Å²) in [6, 6.07) is 6.12. The average molecular weight is 172 g/mol. The Balaban J connectivity index is 2.40. The van der Waals surface area contributed by atoms with Gasteiger partial charge in [-0.2, -0.15) is 0 Å². The van der Waals surface area contributed by atoms with Crippen LogP contribution in [0.2, 0.25) is 0 Å². The van der Waals surface area contributed by atoms with E-state index in [9.17, 15) is 0 Å². The molecule has 0 saturated carbocycles. The molecule has 0 fully saturated rings. The van der Waals surface area contributed by atoms with Crippen LogP contribution in [0.4, 0.5) is 0 Å². The molecule has 2 heteroatoms. The van der Waals surface area contributed by atoms with Crippen LogP contribution in [0.1, 0.15) is 6.42 Å². The third-order valence-electron chi connectivity index (χ3n) is 2.10. The van der Waals surface area contributed by atoms with Crippen LogP contribution in [0.5, 0.6) is 0 Å². The fraction of sp³-hybridized carbons (Fsp3) is 0.182. The van der Waals surface area contributed by atoms with Crippen LogP contribution < -0.4 is 0 Å². The van der Waals surface area contributed by atoms with E-state index in [1.165, 1.54) is 5.39 Å². The van der Waals surface area contributed by atoms with Gasteiger partial charge in [0.1, 0.15) is 5.65 Å². The SMILES string of the molecule is C=CCCn1ccc2cccnc21. The van der Waals surface area contributed by atoms with Crippen molar-refractivity contribution < 1.29 is 0 Å². The van der Waals surface area contributed by atoms with Crippen LogP contribution in [-0.4, -0.2) is 9.55 Å². The van der Waals surface area contributed by atoms with Gasteiger partial charge in [0.05, 0.1) is 0 Å². The lowest BCUT2D eigenvalue weighted by atomic mass is 10.3. The summed E-state index contributed by atoms with van der Waals surface area (Å²) in [5.74, 6) is 0. The lowest BCUT2D eigenvalue weighted by Gasteiger charge is -2.00. The topological polar surface area (TPSA) is 17.8 Å². The molecule has 0 N–H and O–H groups in total. The van der Waals surface area contributed by atoms with Gasteiger partial charge in [-0.1, -0.05) is 6.08 Å². The Morgan fingerprint density at radius 3 is 3.23 bits per heavy atom.